The third-order valence-electron chi connectivity index (χ3n) is 2.16. The number of likely N-dealkylation sites (N-methyl/N-ethyl adjacent to an activating group) is 2. The van der Waals surface area contributed by atoms with Crippen molar-refractivity contribution in [2.45, 2.75) is 27.7 Å². The molecule has 92 valence electrons. The first-order valence-corrected chi connectivity index (χ1v) is 6.08. The van der Waals surface area contributed by atoms with E-state index in [1.165, 1.54) is 5.56 Å². The maximum Gasteiger partial charge on any atom is 0.128 e. The molecule has 1 aromatic heterocycles. The molecular formula is C13H25N3. The number of hydrogen-bond acceptors (Lipinski definition) is 3. The first-order chi connectivity index (χ1) is 7.74. The minimum Gasteiger partial charge on any atom is -0.358 e. The average molecular weight is 223 g/mol. The maximum absolute atomic E-state index is 4.36. The van der Waals surface area contributed by atoms with Crippen molar-refractivity contribution in [1.82, 2.24) is 10.3 Å². The molecule has 1 aromatic rings. The molecule has 0 aromatic carbocycles. The molecule has 0 saturated carbocycles. The van der Waals surface area contributed by atoms with Crippen LogP contribution in [0.3, 0.4) is 0 Å². The van der Waals surface area contributed by atoms with Gasteiger partial charge in [0.15, 0.2) is 0 Å². The Morgan fingerprint density at radius 2 is 2.00 bits per heavy atom. The van der Waals surface area contributed by atoms with E-state index < -0.39 is 0 Å². The van der Waals surface area contributed by atoms with Gasteiger partial charge in [0.25, 0.3) is 0 Å². The molecule has 1 heterocycles. The fourth-order valence-corrected chi connectivity index (χ4v) is 1.22. The van der Waals surface area contributed by atoms with Crippen LogP contribution in [-0.4, -0.2) is 31.7 Å². The first kappa shape index (κ1) is 14.9. The van der Waals surface area contributed by atoms with E-state index in [0.29, 0.717) is 0 Å². The Balaban J connectivity index is 0.00000106. The van der Waals surface area contributed by atoms with Crippen molar-refractivity contribution in [2.24, 2.45) is 0 Å². The monoisotopic (exact) mass is 223 g/mol. The molecule has 16 heavy (non-hydrogen) atoms. The highest BCUT2D eigenvalue weighted by Crippen LogP contribution is 2.07. The smallest absolute Gasteiger partial charge is 0.128 e. The molecule has 0 radical (unpaired) electrons. The predicted molar refractivity (Wildman–Crippen MR) is 72.1 cm³/mol. The third kappa shape index (κ3) is 5.71. The van der Waals surface area contributed by atoms with Gasteiger partial charge in [-0.3, -0.25) is 0 Å². The summed E-state index contributed by atoms with van der Waals surface area (Å²) in [5.74, 6) is 1.04. The topological polar surface area (TPSA) is 28.2 Å². The van der Waals surface area contributed by atoms with Gasteiger partial charge in [0.05, 0.1) is 0 Å². The van der Waals surface area contributed by atoms with Crippen LogP contribution in [0.4, 0.5) is 5.82 Å². The standard InChI is InChI=1S/C11H19N3.C2H6/c1-4-12-7-8-14(3)11-6-5-10(2)9-13-11;1-2/h5-6,9,12H,4,7-8H2,1-3H3;1-2H3. The van der Waals surface area contributed by atoms with Gasteiger partial charge in [-0.05, 0) is 25.1 Å². The number of aromatic nitrogens is 1. The summed E-state index contributed by atoms with van der Waals surface area (Å²) in [7, 11) is 2.06. The van der Waals surface area contributed by atoms with Crippen LogP contribution >= 0.6 is 0 Å². The number of nitrogens with one attached hydrogen (secondary N) is 1. The van der Waals surface area contributed by atoms with Crippen molar-refractivity contribution in [2.75, 3.05) is 31.6 Å². The van der Waals surface area contributed by atoms with Crippen LogP contribution in [0.2, 0.25) is 0 Å². The van der Waals surface area contributed by atoms with Crippen LogP contribution in [-0.2, 0) is 0 Å². The first-order valence-electron chi connectivity index (χ1n) is 6.08. The lowest BCUT2D eigenvalue weighted by atomic mass is 10.3. The Morgan fingerprint density at radius 3 is 2.50 bits per heavy atom. The van der Waals surface area contributed by atoms with Crippen LogP contribution in [0, 0.1) is 6.92 Å². The second kappa shape index (κ2) is 9.16. The van der Waals surface area contributed by atoms with Gasteiger partial charge in [0.1, 0.15) is 5.82 Å². The van der Waals surface area contributed by atoms with Crippen molar-refractivity contribution in [1.29, 1.82) is 0 Å². The Labute approximate surface area is 99.9 Å². The van der Waals surface area contributed by atoms with Gasteiger partial charge in [-0.1, -0.05) is 26.8 Å². The van der Waals surface area contributed by atoms with E-state index in [-0.39, 0.29) is 0 Å². The van der Waals surface area contributed by atoms with Crippen molar-refractivity contribution in [3.63, 3.8) is 0 Å². The van der Waals surface area contributed by atoms with Gasteiger partial charge >= 0.3 is 0 Å². The minimum atomic E-state index is 0.990. The Hall–Kier alpha value is -1.09. The number of anilines is 1. The average Bonchev–Trinajstić information content (AvgIpc) is 2.33. The van der Waals surface area contributed by atoms with Crippen molar-refractivity contribution < 1.29 is 0 Å². The van der Waals surface area contributed by atoms with Gasteiger partial charge in [-0.25, -0.2) is 4.98 Å². The fourth-order valence-electron chi connectivity index (χ4n) is 1.22. The van der Waals surface area contributed by atoms with Crippen LogP contribution in [0.1, 0.15) is 26.3 Å². The van der Waals surface area contributed by atoms with Gasteiger partial charge in [-0.2, -0.15) is 0 Å². The highest BCUT2D eigenvalue weighted by atomic mass is 15.2. The van der Waals surface area contributed by atoms with Crippen molar-refractivity contribution in [3.05, 3.63) is 23.9 Å². The molecule has 0 bridgehead atoms. The molecule has 0 fully saturated rings. The van der Waals surface area contributed by atoms with Gasteiger partial charge in [-0.15, -0.1) is 0 Å². The van der Waals surface area contributed by atoms with E-state index in [4.69, 9.17) is 0 Å². The van der Waals surface area contributed by atoms with Crippen molar-refractivity contribution in [3.8, 4) is 0 Å². The number of hydrogen-bond donors (Lipinski definition) is 1. The lowest BCUT2D eigenvalue weighted by Crippen LogP contribution is -2.29. The second-order valence-electron chi connectivity index (χ2n) is 3.47. The lowest BCUT2D eigenvalue weighted by molar-refractivity contribution is 0.702. The SMILES string of the molecule is CC.CCNCCN(C)c1ccc(C)cn1. The zero-order chi connectivity index (χ0) is 12.4. The van der Waals surface area contributed by atoms with Crippen LogP contribution in [0.15, 0.2) is 18.3 Å². The Morgan fingerprint density at radius 1 is 1.31 bits per heavy atom. The van der Waals surface area contributed by atoms with E-state index in [9.17, 15) is 0 Å². The molecule has 0 saturated heterocycles. The van der Waals surface area contributed by atoms with Crippen LogP contribution < -0.4 is 10.2 Å². The van der Waals surface area contributed by atoms with Gasteiger partial charge in [0.2, 0.25) is 0 Å². The van der Waals surface area contributed by atoms with Gasteiger partial charge in [0, 0.05) is 26.3 Å². The summed E-state index contributed by atoms with van der Waals surface area (Å²) in [6.45, 7) is 11.2. The number of nitrogens with zero attached hydrogens (tertiary/aromatic N) is 2. The van der Waals surface area contributed by atoms with Gasteiger partial charge < -0.3 is 10.2 Å². The Bertz CT molecular complexity index is 256. The summed E-state index contributed by atoms with van der Waals surface area (Å²) in [4.78, 5) is 6.51. The normalized spacial score (nSPS) is 9.31. The molecule has 1 N–H and O–H groups in total. The lowest BCUT2D eigenvalue weighted by Gasteiger charge is -2.18. The summed E-state index contributed by atoms with van der Waals surface area (Å²) in [5.41, 5.74) is 1.20. The summed E-state index contributed by atoms with van der Waals surface area (Å²) < 4.78 is 0. The number of rotatable bonds is 5. The zero-order valence-corrected chi connectivity index (χ0v) is 11.2. The summed E-state index contributed by atoms with van der Waals surface area (Å²) in [5, 5.41) is 3.29. The Kier molecular flexibility index (Phi) is 8.53. The third-order valence-corrected chi connectivity index (χ3v) is 2.16. The number of pyridine rings is 1. The highest BCUT2D eigenvalue weighted by molar-refractivity contribution is 5.37. The molecule has 0 unspecified atom stereocenters. The van der Waals surface area contributed by atoms with E-state index in [1.54, 1.807) is 0 Å². The molecular weight excluding hydrogens is 198 g/mol. The molecule has 0 amide bonds. The molecule has 0 aliphatic rings. The van der Waals surface area contributed by atoms with E-state index in [1.807, 2.05) is 20.0 Å². The van der Waals surface area contributed by atoms with E-state index >= 15 is 0 Å². The quantitative estimate of drug-likeness (QED) is 0.777. The largest absolute Gasteiger partial charge is 0.358 e. The van der Waals surface area contributed by atoms with Crippen molar-refractivity contribution >= 4 is 5.82 Å². The summed E-state index contributed by atoms with van der Waals surface area (Å²) in [6, 6.07) is 4.15. The molecule has 0 aliphatic carbocycles. The predicted octanol–water partition coefficient (Wildman–Crippen LogP) is 2.46. The van der Waals surface area contributed by atoms with E-state index in [2.05, 4.69) is 48.2 Å². The molecule has 3 nitrogen and oxygen atoms in total. The van der Waals surface area contributed by atoms with Crippen LogP contribution in [0.5, 0.6) is 0 Å². The fraction of sp³-hybridized carbons (Fsp3) is 0.615. The molecule has 0 aliphatic heterocycles. The maximum atomic E-state index is 4.36. The molecule has 1 rings (SSSR count). The minimum absolute atomic E-state index is 0.990. The summed E-state index contributed by atoms with van der Waals surface area (Å²) in [6.07, 6.45) is 1.90. The highest BCUT2D eigenvalue weighted by Gasteiger charge is 1.99. The molecule has 3 heteroatoms. The summed E-state index contributed by atoms with van der Waals surface area (Å²) >= 11 is 0. The second-order valence-corrected chi connectivity index (χ2v) is 3.47. The molecule has 0 spiro atoms. The van der Waals surface area contributed by atoms with Crippen LogP contribution in [0.25, 0.3) is 0 Å². The molecule has 0 atom stereocenters. The van der Waals surface area contributed by atoms with E-state index in [0.717, 1.165) is 25.5 Å². The number of aryl methyl sites for hydroxylation is 1. The zero-order valence-electron chi connectivity index (χ0n) is 11.2.